The van der Waals surface area contributed by atoms with Gasteiger partial charge in [0.1, 0.15) is 12.4 Å². The van der Waals surface area contributed by atoms with Gasteiger partial charge in [0.05, 0.1) is 11.3 Å². The largest absolute Gasteiger partial charge is 0.461 e. The van der Waals surface area contributed by atoms with Crippen LogP contribution in [0.3, 0.4) is 0 Å². The van der Waals surface area contributed by atoms with E-state index in [-0.39, 0.29) is 18.1 Å². The van der Waals surface area contributed by atoms with E-state index in [1.165, 1.54) is 13.0 Å². The molecule has 0 radical (unpaired) electrons. The van der Waals surface area contributed by atoms with Crippen LogP contribution in [-0.4, -0.2) is 18.4 Å². The van der Waals surface area contributed by atoms with E-state index in [2.05, 4.69) is 15.9 Å². The summed E-state index contributed by atoms with van der Waals surface area (Å²) in [5.74, 6) is -0.747. The monoisotopic (exact) mass is 431 g/mol. The number of carbonyl (C=O) groups is 2. The summed E-state index contributed by atoms with van der Waals surface area (Å²) in [6.07, 6.45) is 2.78. The third-order valence-corrected chi connectivity index (χ3v) is 5.85. The number of ether oxygens (including phenoxy) is 1. The van der Waals surface area contributed by atoms with Gasteiger partial charge in [-0.1, -0.05) is 28.1 Å². The number of benzene rings is 2. The Balaban J connectivity index is 1.70. The third kappa shape index (κ3) is 3.50. The predicted molar refractivity (Wildman–Crippen MR) is 103 cm³/mol. The first-order valence-corrected chi connectivity index (χ1v) is 9.80. The Morgan fingerprint density at radius 1 is 1.33 bits per heavy atom. The Kier molecular flexibility index (Phi) is 4.76. The molecule has 2 aliphatic rings. The zero-order valence-corrected chi connectivity index (χ0v) is 16.5. The highest BCUT2D eigenvalue weighted by Crippen LogP contribution is 2.42. The number of anilines is 1. The normalized spacial score (nSPS) is 16.3. The first kappa shape index (κ1) is 18.2. The number of hydrogen-bond acceptors (Lipinski definition) is 3. The first-order valence-electron chi connectivity index (χ1n) is 9.00. The van der Waals surface area contributed by atoms with Crippen LogP contribution >= 0.6 is 15.9 Å². The fourth-order valence-corrected chi connectivity index (χ4v) is 4.06. The molecule has 0 unspecified atom stereocenters. The van der Waals surface area contributed by atoms with E-state index in [1.54, 1.807) is 11.0 Å². The first-order chi connectivity index (χ1) is 13.0. The van der Waals surface area contributed by atoms with E-state index in [0.717, 1.165) is 28.4 Å². The number of fused-ring (bicyclic) bond motifs is 1. The van der Waals surface area contributed by atoms with E-state index in [1.807, 2.05) is 18.2 Å². The second-order valence-corrected chi connectivity index (χ2v) is 7.89. The maximum Gasteiger partial charge on any atom is 0.302 e. The highest BCUT2D eigenvalue weighted by Gasteiger charge is 2.33. The van der Waals surface area contributed by atoms with Crippen molar-refractivity contribution < 1.29 is 18.7 Å². The van der Waals surface area contributed by atoms with E-state index in [9.17, 15) is 14.0 Å². The van der Waals surface area contributed by atoms with Crippen LogP contribution in [0, 0.1) is 5.82 Å². The lowest BCUT2D eigenvalue weighted by Crippen LogP contribution is -2.39. The zero-order valence-electron chi connectivity index (χ0n) is 14.9. The molecule has 2 aromatic rings. The number of nitrogens with zero attached hydrogens (tertiary/aromatic N) is 1. The zero-order chi connectivity index (χ0) is 19.1. The van der Waals surface area contributed by atoms with Gasteiger partial charge in [-0.3, -0.25) is 9.59 Å². The lowest BCUT2D eigenvalue weighted by Gasteiger charge is -2.31. The molecule has 1 amide bonds. The van der Waals surface area contributed by atoms with Crippen molar-refractivity contribution in [3.8, 4) is 0 Å². The summed E-state index contributed by atoms with van der Waals surface area (Å²) in [4.78, 5) is 25.9. The molecule has 1 heterocycles. The molecule has 1 aliphatic heterocycles. The molecular formula is C21H19BrFNO3. The van der Waals surface area contributed by atoms with Crippen molar-refractivity contribution in [3.05, 3.63) is 62.9 Å². The Hall–Kier alpha value is -2.21. The summed E-state index contributed by atoms with van der Waals surface area (Å²) in [5.41, 5.74) is 3.27. The number of rotatable bonds is 4. The highest BCUT2D eigenvalue weighted by atomic mass is 79.9. The van der Waals surface area contributed by atoms with E-state index in [4.69, 9.17) is 4.74 Å². The van der Waals surface area contributed by atoms with Gasteiger partial charge in [-0.05, 0) is 54.5 Å². The minimum atomic E-state index is -0.444. The van der Waals surface area contributed by atoms with Crippen LogP contribution in [0.1, 0.15) is 52.7 Å². The summed E-state index contributed by atoms with van der Waals surface area (Å²) in [6, 6.07) is 8.94. The minimum absolute atomic E-state index is 0.0474. The Bertz CT molecular complexity index is 939. The summed E-state index contributed by atoms with van der Waals surface area (Å²) < 4.78 is 20.6. The molecular weight excluding hydrogens is 413 g/mol. The van der Waals surface area contributed by atoms with Gasteiger partial charge in [0.15, 0.2) is 0 Å². The van der Waals surface area contributed by atoms with Gasteiger partial charge < -0.3 is 9.64 Å². The maximum absolute atomic E-state index is 14.8. The van der Waals surface area contributed by atoms with Crippen LogP contribution in [0.4, 0.5) is 10.1 Å². The number of halogens is 2. The molecule has 140 valence electrons. The molecule has 6 heteroatoms. The SMILES string of the molecule is CC(=O)OCc1c(Br)cccc1N1CCc2cc(C3CC3)cc(F)c2C1=O. The van der Waals surface area contributed by atoms with Crippen molar-refractivity contribution in [2.75, 3.05) is 11.4 Å². The number of hydrogen-bond donors (Lipinski definition) is 0. The quantitative estimate of drug-likeness (QED) is 0.657. The van der Waals surface area contributed by atoms with Crippen LogP contribution in [0.15, 0.2) is 34.8 Å². The lowest BCUT2D eigenvalue weighted by atomic mass is 9.94. The van der Waals surface area contributed by atoms with Crippen molar-refractivity contribution in [3.63, 3.8) is 0 Å². The average Bonchev–Trinajstić information content (AvgIpc) is 3.45. The minimum Gasteiger partial charge on any atom is -0.461 e. The molecule has 1 saturated carbocycles. The van der Waals surface area contributed by atoms with Crippen molar-refractivity contribution >= 4 is 33.5 Å². The topological polar surface area (TPSA) is 46.6 Å². The molecule has 0 saturated heterocycles. The average molecular weight is 432 g/mol. The van der Waals surface area contributed by atoms with Crippen molar-refractivity contribution in [1.82, 2.24) is 0 Å². The molecule has 0 aromatic heterocycles. The number of esters is 1. The molecule has 1 aliphatic carbocycles. The van der Waals surface area contributed by atoms with Gasteiger partial charge >= 0.3 is 5.97 Å². The Morgan fingerprint density at radius 2 is 2.11 bits per heavy atom. The van der Waals surface area contributed by atoms with Crippen LogP contribution in [0.25, 0.3) is 0 Å². The van der Waals surface area contributed by atoms with Crippen LogP contribution < -0.4 is 4.90 Å². The molecule has 0 N–H and O–H groups in total. The van der Waals surface area contributed by atoms with Crippen LogP contribution in [0.5, 0.6) is 0 Å². The molecule has 4 rings (SSSR count). The van der Waals surface area contributed by atoms with E-state index < -0.39 is 11.8 Å². The standard InChI is InChI=1S/C21H19BrFNO3/c1-12(25)27-11-16-17(22)3-2-4-19(16)24-8-7-14-9-15(13-5-6-13)10-18(23)20(14)21(24)26/h2-4,9-10,13H,5-8,11H2,1H3. The molecule has 0 bridgehead atoms. The van der Waals surface area contributed by atoms with Crippen molar-refractivity contribution in [2.45, 2.75) is 38.7 Å². The van der Waals surface area contributed by atoms with Gasteiger partial charge in [-0.15, -0.1) is 0 Å². The number of amides is 1. The molecule has 4 nitrogen and oxygen atoms in total. The maximum atomic E-state index is 14.8. The number of carbonyl (C=O) groups excluding carboxylic acids is 2. The van der Waals surface area contributed by atoms with Gasteiger partial charge in [0.2, 0.25) is 0 Å². The van der Waals surface area contributed by atoms with Crippen LogP contribution in [0.2, 0.25) is 0 Å². The van der Waals surface area contributed by atoms with Gasteiger partial charge in [-0.2, -0.15) is 0 Å². The smallest absolute Gasteiger partial charge is 0.302 e. The second kappa shape index (κ2) is 7.08. The van der Waals surface area contributed by atoms with E-state index >= 15 is 0 Å². The van der Waals surface area contributed by atoms with Gasteiger partial charge in [-0.25, -0.2) is 4.39 Å². The molecule has 2 aromatic carbocycles. The summed E-state index contributed by atoms with van der Waals surface area (Å²) in [6.45, 7) is 1.85. The fourth-order valence-electron chi connectivity index (χ4n) is 3.59. The highest BCUT2D eigenvalue weighted by molar-refractivity contribution is 9.10. The lowest BCUT2D eigenvalue weighted by molar-refractivity contribution is -0.142. The second-order valence-electron chi connectivity index (χ2n) is 7.04. The summed E-state index contributed by atoms with van der Waals surface area (Å²) >= 11 is 3.46. The summed E-state index contributed by atoms with van der Waals surface area (Å²) in [5, 5.41) is 0. The Labute approximate surface area is 165 Å². The summed E-state index contributed by atoms with van der Waals surface area (Å²) in [7, 11) is 0. The molecule has 1 fully saturated rings. The van der Waals surface area contributed by atoms with Crippen LogP contribution in [-0.2, 0) is 22.6 Å². The molecule has 0 spiro atoms. The fraction of sp³-hybridized carbons (Fsp3) is 0.333. The van der Waals surface area contributed by atoms with Gasteiger partial charge in [0.25, 0.3) is 5.91 Å². The van der Waals surface area contributed by atoms with E-state index in [0.29, 0.717) is 30.1 Å². The Morgan fingerprint density at radius 3 is 2.81 bits per heavy atom. The van der Waals surface area contributed by atoms with Crippen molar-refractivity contribution in [2.24, 2.45) is 0 Å². The van der Waals surface area contributed by atoms with Crippen molar-refractivity contribution in [1.29, 1.82) is 0 Å². The third-order valence-electron chi connectivity index (χ3n) is 5.11. The molecule has 27 heavy (non-hydrogen) atoms. The van der Waals surface area contributed by atoms with Gasteiger partial charge in [0, 0.05) is 23.5 Å². The molecule has 0 atom stereocenters. The predicted octanol–water partition coefficient (Wildman–Crippen LogP) is 4.73.